The minimum absolute atomic E-state index is 0.0258. The average molecular weight is 1100 g/mol. The number of carboxylic acids is 1. The Morgan fingerprint density at radius 1 is 0.481 bits per heavy atom. The Labute approximate surface area is 442 Å². The number of carboxylic acid groups (broad SMARTS) is 1. The molecule has 0 spiro atoms. The van der Waals surface area contributed by atoms with Crippen molar-refractivity contribution in [3.05, 3.63) is 0 Å². The molecule has 16 atom stereocenters. The van der Waals surface area contributed by atoms with Gasteiger partial charge in [0, 0.05) is 26.1 Å². The van der Waals surface area contributed by atoms with Crippen molar-refractivity contribution in [1.82, 2.24) is 51.9 Å². The van der Waals surface area contributed by atoms with Crippen LogP contribution in [0, 0.1) is 0 Å². The van der Waals surface area contributed by atoms with E-state index >= 15 is 0 Å². The molecule has 0 aromatic carbocycles. The summed E-state index contributed by atoms with van der Waals surface area (Å²) in [5, 5.41) is 87.3. The number of hydrogen-bond acceptors (Lipinski definition) is 19. The lowest BCUT2D eigenvalue weighted by Crippen LogP contribution is -2.62. The molecular weight excluding hydrogens is 1020 g/mol. The van der Waals surface area contributed by atoms with Crippen LogP contribution in [0.3, 0.4) is 0 Å². The Kier molecular flexibility index (Phi) is 24.5. The Morgan fingerprint density at radius 2 is 0.857 bits per heavy atom. The zero-order valence-corrected chi connectivity index (χ0v) is 43.7. The van der Waals surface area contributed by atoms with E-state index in [-0.39, 0.29) is 51.7 Å². The van der Waals surface area contributed by atoms with Crippen LogP contribution >= 0.6 is 0 Å². The molecule has 0 bridgehead atoms. The van der Waals surface area contributed by atoms with Gasteiger partial charge in [-0.25, -0.2) is 4.79 Å². The smallest absolute Gasteiger partial charge is 0.328 e. The Balaban J connectivity index is 1.68. The van der Waals surface area contributed by atoms with Crippen LogP contribution in [0.25, 0.3) is 0 Å². The molecule has 3 aliphatic rings. The summed E-state index contributed by atoms with van der Waals surface area (Å²) < 4.78 is 0. The van der Waals surface area contributed by atoms with Crippen LogP contribution in [-0.4, -0.2) is 245 Å². The van der Waals surface area contributed by atoms with Gasteiger partial charge in [-0.1, -0.05) is 0 Å². The van der Waals surface area contributed by atoms with E-state index in [1.807, 2.05) is 0 Å². The summed E-state index contributed by atoms with van der Waals surface area (Å²) in [6, 6.07) is -15.4. The molecule has 3 fully saturated rings. The molecule has 31 nitrogen and oxygen atoms in total. The van der Waals surface area contributed by atoms with Crippen LogP contribution < -0.4 is 48.7 Å². The lowest BCUT2D eigenvalue weighted by atomic mass is 10.1. The Morgan fingerprint density at radius 3 is 1.25 bits per heavy atom. The summed E-state index contributed by atoms with van der Waals surface area (Å²) in [4.78, 5) is 161. The molecular formula is C46H76N12O19. The molecule has 0 radical (unpaired) electrons. The number of primary amides is 1. The van der Waals surface area contributed by atoms with Crippen molar-refractivity contribution in [2.75, 3.05) is 26.2 Å². The summed E-state index contributed by atoms with van der Waals surface area (Å²) in [6.07, 6.45) is -9.05. The van der Waals surface area contributed by atoms with Crippen molar-refractivity contribution in [2.45, 2.75) is 190 Å². The highest BCUT2D eigenvalue weighted by Crippen LogP contribution is 2.23. The third-order valence-corrected chi connectivity index (χ3v) is 13.3. The van der Waals surface area contributed by atoms with Crippen LogP contribution in [0.2, 0.25) is 0 Å². The predicted octanol–water partition coefficient (Wildman–Crippen LogP) is -9.05. The summed E-state index contributed by atoms with van der Waals surface area (Å²) >= 11 is 0. The third kappa shape index (κ3) is 17.7. The van der Waals surface area contributed by atoms with Gasteiger partial charge in [-0.15, -0.1) is 0 Å². The molecule has 77 heavy (non-hydrogen) atoms. The lowest BCUT2D eigenvalue weighted by Gasteiger charge is -2.33. The Hall–Kier alpha value is -6.64. The van der Waals surface area contributed by atoms with Gasteiger partial charge in [0.25, 0.3) is 0 Å². The van der Waals surface area contributed by atoms with Gasteiger partial charge in [0.05, 0.1) is 43.2 Å². The number of aliphatic hydroxyl groups excluding tert-OH is 6. The van der Waals surface area contributed by atoms with Gasteiger partial charge >= 0.3 is 5.97 Å². The second-order valence-electron chi connectivity index (χ2n) is 19.7. The number of aliphatic hydroxyl groups is 6. The molecule has 31 heteroatoms. The topological polar surface area (TPSA) is 492 Å². The van der Waals surface area contributed by atoms with E-state index in [2.05, 4.69) is 37.2 Å². The largest absolute Gasteiger partial charge is 0.480 e. The van der Waals surface area contributed by atoms with E-state index in [4.69, 9.17) is 11.5 Å². The fourth-order valence-electron chi connectivity index (χ4n) is 8.96. The highest BCUT2D eigenvalue weighted by Gasteiger charge is 2.45. The maximum absolute atomic E-state index is 13.9. The first kappa shape index (κ1) is 64.6. The maximum atomic E-state index is 13.9. The van der Waals surface area contributed by atoms with Gasteiger partial charge in [0.15, 0.2) is 6.04 Å². The van der Waals surface area contributed by atoms with Crippen LogP contribution in [-0.2, 0) is 57.5 Å². The quantitative estimate of drug-likeness (QED) is 0.0363. The van der Waals surface area contributed by atoms with Gasteiger partial charge in [-0.3, -0.25) is 52.7 Å². The second-order valence-corrected chi connectivity index (χ2v) is 19.7. The number of nitrogens with one attached hydrogen (secondary N) is 7. The number of likely N-dealkylation sites (tertiary alicyclic amines) is 3. The van der Waals surface area contributed by atoms with E-state index in [1.54, 1.807) is 0 Å². The molecule has 3 saturated heterocycles. The van der Waals surface area contributed by atoms with Gasteiger partial charge < -0.3 is 99.1 Å². The lowest BCUT2D eigenvalue weighted by molar-refractivity contribution is -0.148. The number of amides is 11. The molecule has 0 aromatic rings. The number of nitrogens with two attached hydrogens (primary N) is 2. The van der Waals surface area contributed by atoms with Gasteiger partial charge in [-0.2, -0.15) is 0 Å². The highest BCUT2D eigenvalue weighted by atomic mass is 16.4. The van der Waals surface area contributed by atoms with E-state index in [0.717, 1.165) is 37.5 Å². The van der Waals surface area contributed by atoms with Gasteiger partial charge in [0.1, 0.15) is 54.4 Å². The number of rotatable bonds is 27. The minimum atomic E-state index is -1.88. The van der Waals surface area contributed by atoms with E-state index in [1.165, 1.54) is 18.7 Å². The number of hydrogen-bond donors (Lipinski definition) is 16. The van der Waals surface area contributed by atoms with Crippen molar-refractivity contribution in [3.8, 4) is 0 Å². The first-order chi connectivity index (χ1) is 35.9. The molecule has 18 N–H and O–H groups in total. The molecule has 0 saturated carbocycles. The van der Waals surface area contributed by atoms with Gasteiger partial charge in [-0.05, 0) is 86.5 Å². The fourth-order valence-corrected chi connectivity index (χ4v) is 8.96. The highest BCUT2D eigenvalue weighted by molar-refractivity contribution is 5.99. The molecule has 0 aliphatic carbocycles. The van der Waals surface area contributed by atoms with Crippen molar-refractivity contribution in [3.63, 3.8) is 0 Å². The third-order valence-electron chi connectivity index (χ3n) is 13.3. The van der Waals surface area contributed by atoms with Crippen molar-refractivity contribution in [1.29, 1.82) is 0 Å². The van der Waals surface area contributed by atoms with Crippen LogP contribution in [0.5, 0.6) is 0 Å². The van der Waals surface area contributed by atoms with Crippen LogP contribution in [0.15, 0.2) is 0 Å². The average Bonchev–Trinajstić information content (AvgIpc) is 4.16. The first-order valence-electron chi connectivity index (χ1n) is 25.3. The summed E-state index contributed by atoms with van der Waals surface area (Å²) in [5.74, 6) is -12.4. The first-order valence-corrected chi connectivity index (χ1v) is 25.3. The van der Waals surface area contributed by atoms with E-state index in [0.29, 0.717) is 6.42 Å². The number of carbonyl (C=O) groups is 12. The van der Waals surface area contributed by atoms with Crippen LogP contribution in [0.4, 0.5) is 0 Å². The molecule has 434 valence electrons. The summed E-state index contributed by atoms with van der Waals surface area (Å²) in [7, 11) is 0. The molecule has 0 unspecified atom stereocenters. The van der Waals surface area contributed by atoms with Crippen LogP contribution in [0.1, 0.15) is 92.9 Å². The standard InChI is InChI=1S/C46H76N12O19/c1-19(59)31(48)43(73)56-15-7-10-26(56)39(69)54-35(23(5)63)45(75)57-16-8-11-27(57)38(68)52-32(20(2)60)41(71)49-18-30(66)51-33(21(3)61)42(72)50-25(13-14-29(47)65)37(67)53-34(22(4)62)44(74)58-17-9-12-28(58)40(70)55-36(24(6)64)46(76)77/h19-28,31-36,59-64H,7-18,48H2,1-6H3,(H2,47,65)(H,49,71)(H,50,72)(H,51,66)(H,52,68)(H,53,67)(H,54,69)(H,55,70)(H,76,77)/t19-,20-,21-,22-,23-,24-,25+,26-,27+,28-,31-,32+,33+,34+,35+,36-/m1/s1. The van der Waals surface area contributed by atoms with Gasteiger partial charge in [0.2, 0.25) is 65.0 Å². The fraction of sp³-hybridized carbons (Fsp3) is 0.739. The number of nitrogens with zero attached hydrogens (tertiary/aromatic N) is 3. The summed E-state index contributed by atoms with van der Waals surface area (Å²) in [5.41, 5.74) is 11.1. The van der Waals surface area contributed by atoms with E-state index in [9.17, 15) is 93.3 Å². The zero-order chi connectivity index (χ0) is 58.3. The minimum Gasteiger partial charge on any atom is -0.480 e. The monoisotopic (exact) mass is 1100 g/mol. The molecule has 3 rings (SSSR count). The molecule has 3 aliphatic heterocycles. The number of carbonyl (C=O) groups excluding carboxylic acids is 11. The van der Waals surface area contributed by atoms with E-state index < -0.39 is 187 Å². The number of aliphatic carboxylic acids is 1. The molecule has 0 aromatic heterocycles. The maximum Gasteiger partial charge on any atom is 0.328 e. The van der Waals surface area contributed by atoms with Crippen molar-refractivity contribution in [2.24, 2.45) is 11.5 Å². The summed E-state index contributed by atoms with van der Waals surface area (Å²) in [6.45, 7) is 6.10. The SMILES string of the molecule is C[C@@H](O)[C@H](NC(=O)CNC(=O)[C@@H](NC(=O)[C@@H]1CCCN1C(=O)[C@@H](NC(=O)[C@H]1CCCN1C(=O)[C@H](N)[C@@H](C)O)[C@@H](C)O)[C@@H](C)O)C(=O)N[C@@H](CCC(N)=O)C(=O)N[C@H](C(=O)N1CCC[C@@H]1C(=O)N[C@@H](C(=O)O)[C@@H](C)O)[C@@H](C)O. The second kappa shape index (κ2) is 29.2. The van der Waals surface area contributed by atoms with Crippen molar-refractivity contribution >= 4 is 70.9 Å². The Bertz CT molecular complexity index is 2180. The van der Waals surface area contributed by atoms with Crippen molar-refractivity contribution < 1.29 is 93.3 Å². The molecule has 11 amide bonds. The zero-order valence-electron chi connectivity index (χ0n) is 43.7. The normalized spacial score (nSPS) is 22.4. The predicted molar refractivity (Wildman–Crippen MR) is 263 cm³/mol. The molecule has 3 heterocycles.